The second-order valence-corrected chi connectivity index (χ2v) is 6.54. The Morgan fingerprint density at radius 3 is 2.77 bits per heavy atom. The third-order valence-corrected chi connectivity index (χ3v) is 4.97. The zero-order valence-electron chi connectivity index (χ0n) is 16.7. The van der Waals surface area contributed by atoms with Gasteiger partial charge in [-0.05, 0) is 29.7 Å². The molecule has 0 aliphatic rings. The highest BCUT2D eigenvalue weighted by atomic mass is 19.1. The van der Waals surface area contributed by atoms with Gasteiger partial charge in [-0.2, -0.15) is 10.4 Å². The molecule has 0 unspecified atom stereocenters. The monoisotopic (exact) mass is 404 g/mol. The molecule has 0 saturated carbocycles. The Balaban J connectivity index is 2.28. The minimum atomic E-state index is -0.724. The van der Waals surface area contributed by atoms with E-state index in [-0.39, 0.29) is 11.9 Å². The van der Waals surface area contributed by atoms with Crippen LogP contribution in [0.2, 0.25) is 0 Å². The smallest absolute Gasteiger partial charge is 0.275 e. The molecule has 0 aliphatic heterocycles. The fraction of sp³-hybridized carbons (Fsp3) is 0.182. The van der Waals surface area contributed by atoms with E-state index in [1.165, 1.54) is 12.3 Å². The minimum absolute atomic E-state index is 0.0176. The van der Waals surface area contributed by atoms with Gasteiger partial charge in [-0.1, -0.05) is 25.1 Å². The second kappa shape index (κ2) is 8.68. The Morgan fingerprint density at radius 2 is 2.17 bits per heavy atom. The lowest BCUT2D eigenvalue weighted by Crippen LogP contribution is -2.16. The number of nitrogens with two attached hydrogens (primary N) is 2. The largest absolute Gasteiger partial charge is 0.404 e. The van der Waals surface area contributed by atoms with Gasteiger partial charge in [0.2, 0.25) is 0 Å². The molecule has 7 nitrogen and oxygen atoms in total. The van der Waals surface area contributed by atoms with E-state index in [0.29, 0.717) is 45.5 Å². The fourth-order valence-electron chi connectivity index (χ4n) is 3.53. The number of benzene rings is 2. The maximum atomic E-state index is 14.9. The Labute approximate surface area is 172 Å². The molecule has 0 atom stereocenters. The molecule has 0 spiro atoms. The van der Waals surface area contributed by atoms with Crippen molar-refractivity contribution in [3.8, 4) is 6.07 Å². The lowest BCUT2D eigenvalue weighted by atomic mass is 9.90. The normalized spacial score (nSPS) is 12.2. The van der Waals surface area contributed by atoms with Crippen molar-refractivity contribution in [2.75, 3.05) is 7.05 Å². The standard InChI is InChI=1S/C22H21FN6O/c1-3-12-5-4-6-14(16(12)9-24)21(27-2)17(10-25)13-7-15-19(11-26)28-29-22(30)20(15)18(23)8-13/h4-8,10H,3,11,25-26H2,1-2H3,(H,29,30)/b17-10-,27-21?. The van der Waals surface area contributed by atoms with Crippen LogP contribution in [0.1, 0.15) is 34.9 Å². The molecule has 3 rings (SSSR count). The van der Waals surface area contributed by atoms with Gasteiger partial charge in [0, 0.05) is 36.3 Å². The summed E-state index contributed by atoms with van der Waals surface area (Å²) in [6, 6.07) is 10.6. The summed E-state index contributed by atoms with van der Waals surface area (Å²) in [5.74, 6) is -0.724. The molecule has 0 bridgehead atoms. The number of fused-ring (bicyclic) bond motifs is 1. The van der Waals surface area contributed by atoms with Gasteiger partial charge in [0.05, 0.1) is 22.4 Å². The Morgan fingerprint density at radius 1 is 1.40 bits per heavy atom. The first-order chi connectivity index (χ1) is 14.5. The van der Waals surface area contributed by atoms with Crippen LogP contribution in [-0.2, 0) is 13.0 Å². The molecular weight excluding hydrogens is 383 g/mol. The Kier molecular flexibility index (Phi) is 6.04. The van der Waals surface area contributed by atoms with Gasteiger partial charge in [-0.3, -0.25) is 9.79 Å². The number of aryl methyl sites for hydroxylation is 1. The van der Waals surface area contributed by atoms with Crippen LogP contribution in [0, 0.1) is 17.1 Å². The molecule has 0 amide bonds. The van der Waals surface area contributed by atoms with Crippen LogP contribution in [-0.4, -0.2) is 23.0 Å². The summed E-state index contributed by atoms with van der Waals surface area (Å²) in [4.78, 5) is 16.4. The molecule has 5 N–H and O–H groups in total. The molecular formula is C22H21FN6O. The summed E-state index contributed by atoms with van der Waals surface area (Å²) in [6.45, 7) is 1.98. The summed E-state index contributed by atoms with van der Waals surface area (Å²) >= 11 is 0. The van der Waals surface area contributed by atoms with Crippen LogP contribution in [0.4, 0.5) is 4.39 Å². The third-order valence-electron chi connectivity index (χ3n) is 4.97. The highest BCUT2D eigenvalue weighted by molar-refractivity contribution is 6.32. The minimum Gasteiger partial charge on any atom is -0.404 e. The average Bonchev–Trinajstić information content (AvgIpc) is 2.76. The van der Waals surface area contributed by atoms with Crippen molar-refractivity contribution in [1.82, 2.24) is 10.2 Å². The number of aromatic nitrogens is 2. The van der Waals surface area contributed by atoms with E-state index in [1.54, 1.807) is 19.2 Å². The number of H-pyrrole nitrogens is 1. The Bertz CT molecular complexity index is 1280. The number of aliphatic imine (C=N–C) groups is 1. The summed E-state index contributed by atoms with van der Waals surface area (Å²) in [5, 5.41) is 16.1. The van der Waals surface area contributed by atoms with Crippen LogP contribution < -0.4 is 17.0 Å². The molecule has 0 saturated heterocycles. The molecule has 2 aromatic carbocycles. The fourth-order valence-corrected chi connectivity index (χ4v) is 3.53. The summed E-state index contributed by atoms with van der Waals surface area (Å²) < 4.78 is 14.9. The van der Waals surface area contributed by atoms with Crippen LogP contribution in [0.3, 0.4) is 0 Å². The molecule has 0 aliphatic carbocycles. The van der Waals surface area contributed by atoms with E-state index in [0.717, 1.165) is 5.56 Å². The number of nitrogens with one attached hydrogen (secondary N) is 1. The number of nitrogens with zero attached hydrogens (tertiary/aromatic N) is 3. The molecule has 8 heteroatoms. The van der Waals surface area contributed by atoms with Crippen molar-refractivity contribution >= 4 is 22.1 Å². The van der Waals surface area contributed by atoms with Gasteiger partial charge in [0.15, 0.2) is 0 Å². The van der Waals surface area contributed by atoms with Gasteiger partial charge in [0.1, 0.15) is 11.9 Å². The first-order valence-electron chi connectivity index (χ1n) is 9.33. The maximum absolute atomic E-state index is 14.9. The second-order valence-electron chi connectivity index (χ2n) is 6.54. The predicted octanol–water partition coefficient (Wildman–Crippen LogP) is 2.37. The third kappa shape index (κ3) is 3.47. The first kappa shape index (κ1) is 20.9. The SMILES string of the molecule is CCc1cccc(C(=NC)/C(=C\N)c2cc(F)c3c(=O)[nH]nc(CN)c3c2)c1C#N. The van der Waals surface area contributed by atoms with Crippen LogP contribution in [0.25, 0.3) is 16.3 Å². The highest BCUT2D eigenvalue weighted by Gasteiger charge is 2.20. The van der Waals surface area contributed by atoms with Crippen LogP contribution in [0.5, 0.6) is 0 Å². The molecule has 1 heterocycles. The summed E-state index contributed by atoms with van der Waals surface area (Å²) in [7, 11) is 1.58. The summed E-state index contributed by atoms with van der Waals surface area (Å²) in [6.07, 6.45) is 1.99. The molecule has 0 radical (unpaired) electrons. The van der Waals surface area contributed by atoms with Gasteiger partial charge in [-0.15, -0.1) is 0 Å². The van der Waals surface area contributed by atoms with Crippen molar-refractivity contribution in [3.05, 3.63) is 80.7 Å². The number of hydrogen-bond acceptors (Lipinski definition) is 6. The van der Waals surface area contributed by atoms with Crippen LogP contribution >= 0.6 is 0 Å². The number of allylic oxidation sites excluding steroid dienone is 1. The van der Waals surface area contributed by atoms with Gasteiger partial charge in [0.25, 0.3) is 5.56 Å². The topological polar surface area (TPSA) is 134 Å². The van der Waals surface area contributed by atoms with Crippen molar-refractivity contribution < 1.29 is 4.39 Å². The number of halogens is 1. The Hall–Kier alpha value is -3.83. The van der Waals surface area contributed by atoms with E-state index < -0.39 is 11.4 Å². The van der Waals surface area contributed by atoms with E-state index in [1.807, 2.05) is 19.1 Å². The number of rotatable bonds is 5. The van der Waals surface area contributed by atoms with Crippen molar-refractivity contribution in [2.45, 2.75) is 19.9 Å². The van der Waals surface area contributed by atoms with Crippen molar-refractivity contribution in [2.24, 2.45) is 16.5 Å². The van der Waals surface area contributed by atoms with Crippen molar-refractivity contribution in [3.63, 3.8) is 0 Å². The zero-order valence-corrected chi connectivity index (χ0v) is 16.7. The predicted molar refractivity (Wildman–Crippen MR) is 115 cm³/mol. The van der Waals surface area contributed by atoms with Gasteiger partial charge >= 0.3 is 0 Å². The van der Waals surface area contributed by atoms with E-state index in [4.69, 9.17) is 11.5 Å². The first-order valence-corrected chi connectivity index (χ1v) is 9.33. The lowest BCUT2D eigenvalue weighted by Gasteiger charge is -2.15. The van der Waals surface area contributed by atoms with E-state index in [2.05, 4.69) is 21.3 Å². The molecule has 3 aromatic rings. The van der Waals surface area contributed by atoms with E-state index in [9.17, 15) is 14.4 Å². The van der Waals surface area contributed by atoms with Crippen LogP contribution in [0.15, 0.2) is 46.3 Å². The number of nitriles is 1. The average molecular weight is 404 g/mol. The lowest BCUT2D eigenvalue weighted by molar-refractivity contribution is 0.637. The number of hydrogen-bond donors (Lipinski definition) is 3. The number of aromatic amines is 1. The maximum Gasteiger partial charge on any atom is 0.275 e. The molecule has 1 aromatic heterocycles. The van der Waals surface area contributed by atoms with Gasteiger partial charge in [-0.25, -0.2) is 9.49 Å². The van der Waals surface area contributed by atoms with Crippen molar-refractivity contribution in [1.29, 1.82) is 5.26 Å². The molecule has 152 valence electrons. The summed E-state index contributed by atoms with van der Waals surface area (Å²) in [5.41, 5.74) is 14.6. The molecule has 0 fully saturated rings. The zero-order chi connectivity index (χ0) is 21.8. The van der Waals surface area contributed by atoms with E-state index >= 15 is 0 Å². The quantitative estimate of drug-likeness (QED) is 0.561. The van der Waals surface area contributed by atoms with Gasteiger partial charge < -0.3 is 11.5 Å². The highest BCUT2D eigenvalue weighted by Crippen LogP contribution is 2.28. The molecule has 30 heavy (non-hydrogen) atoms.